The first-order valence-corrected chi connectivity index (χ1v) is 10.2. The fourth-order valence-corrected chi connectivity index (χ4v) is 4.62. The van der Waals surface area contributed by atoms with Gasteiger partial charge in [-0.3, -0.25) is 9.69 Å². The van der Waals surface area contributed by atoms with Crippen molar-refractivity contribution in [2.24, 2.45) is 0 Å². The highest BCUT2D eigenvalue weighted by Gasteiger charge is 2.39. The summed E-state index contributed by atoms with van der Waals surface area (Å²) in [6.07, 6.45) is 6.48. The number of thioether (sulfide) groups is 1. The summed E-state index contributed by atoms with van der Waals surface area (Å²) in [5, 5.41) is 3.80. The van der Waals surface area contributed by atoms with Gasteiger partial charge in [0, 0.05) is 36.6 Å². The lowest BCUT2D eigenvalue weighted by atomic mass is 10.2. The Kier molecular flexibility index (Phi) is 5.66. The SMILES string of the molecule is CS[C@@H]1CN(C(=O)c2cccnc2NC(C)C)C[C@H]1N1CCCC1. The molecule has 2 atom stereocenters. The van der Waals surface area contributed by atoms with E-state index in [0.717, 1.165) is 13.1 Å². The van der Waals surface area contributed by atoms with Crippen LogP contribution in [0.1, 0.15) is 37.0 Å². The average molecular weight is 349 g/mol. The Morgan fingerprint density at radius 3 is 2.75 bits per heavy atom. The number of anilines is 1. The first-order valence-electron chi connectivity index (χ1n) is 8.88. The summed E-state index contributed by atoms with van der Waals surface area (Å²) in [5.74, 6) is 0.801. The lowest BCUT2D eigenvalue weighted by molar-refractivity contribution is 0.0780. The van der Waals surface area contributed by atoms with Gasteiger partial charge in [-0.05, 0) is 58.2 Å². The molecule has 0 saturated carbocycles. The number of hydrogen-bond acceptors (Lipinski definition) is 5. The van der Waals surface area contributed by atoms with E-state index in [1.807, 2.05) is 28.8 Å². The zero-order valence-electron chi connectivity index (χ0n) is 14.9. The normalized spacial score (nSPS) is 24.8. The van der Waals surface area contributed by atoms with Crippen LogP contribution in [0.2, 0.25) is 0 Å². The highest BCUT2D eigenvalue weighted by atomic mass is 32.2. The van der Waals surface area contributed by atoms with Crippen molar-refractivity contribution in [1.29, 1.82) is 0 Å². The van der Waals surface area contributed by atoms with Crippen LogP contribution < -0.4 is 5.32 Å². The van der Waals surface area contributed by atoms with E-state index in [2.05, 4.69) is 35.3 Å². The predicted molar refractivity (Wildman–Crippen MR) is 101 cm³/mol. The molecule has 2 aliphatic rings. The molecule has 132 valence electrons. The third-order valence-corrected chi connectivity index (χ3v) is 5.97. The Morgan fingerprint density at radius 1 is 1.33 bits per heavy atom. The van der Waals surface area contributed by atoms with Crippen LogP contribution >= 0.6 is 11.8 Å². The van der Waals surface area contributed by atoms with E-state index >= 15 is 0 Å². The molecule has 2 aliphatic heterocycles. The first kappa shape index (κ1) is 17.5. The molecule has 0 radical (unpaired) electrons. The molecule has 3 rings (SSSR count). The van der Waals surface area contributed by atoms with Crippen LogP contribution in [0.4, 0.5) is 5.82 Å². The van der Waals surface area contributed by atoms with Gasteiger partial charge in [0.15, 0.2) is 0 Å². The molecule has 3 heterocycles. The van der Waals surface area contributed by atoms with Gasteiger partial charge in [0.25, 0.3) is 5.91 Å². The van der Waals surface area contributed by atoms with Gasteiger partial charge in [-0.15, -0.1) is 0 Å². The molecule has 1 amide bonds. The third-order valence-electron chi connectivity index (χ3n) is 4.90. The quantitative estimate of drug-likeness (QED) is 0.886. The van der Waals surface area contributed by atoms with Crippen molar-refractivity contribution in [2.75, 3.05) is 37.8 Å². The summed E-state index contributed by atoms with van der Waals surface area (Å²) >= 11 is 1.89. The van der Waals surface area contributed by atoms with Gasteiger partial charge >= 0.3 is 0 Å². The van der Waals surface area contributed by atoms with E-state index in [1.165, 1.54) is 25.9 Å². The summed E-state index contributed by atoms with van der Waals surface area (Å²) in [7, 11) is 0. The molecule has 1 aromatic rings. The van der Waals surface area contributed by atoms with Crippen LogP contribution in [0, 0.1) is 0 Å². The highest BCUT2D eigenvalue weighted by Crippen LogP contribution is 2.29. The number of aromatic nitrogens is 1. The van der Waals surface area contributed by atoms with Crippen molar-refractivity contribution < 1.29 is 4.79 Å². The van der Waals surface area contributed by atoms with Gasteiger partial charge < -0.3 is 10.2 Å². The number of carbonyl (C=O) groups is 1. The number of pyridine rings is 1. The van der Waals surface area contributed by atoms with E-state index in [-0.39, 0.29) is 11.9 Å². The second-order valence-corrected chi connectivity index (χ2v) is 8.07. The minimum Gasteiger partial charge on any atom is -0.367 e. The van der Waals surface area contributed by atoms with Crippen LogP contribution in [0.3, 0.4) is 0 Å². The van der Waals surface area contributed by atoms with Gasteiger partial charge in [0.05, 0.1) is 5.56 Å². The molecule has 0 bridgehead atoms. The molecule has 0 unspecified atom stereocenters. The summed E-state index contributed by atoms with van der Waals surface area (Å²) in [6.45, 7) is 8.14. The zero-order chi connectivity index (χ0) is 17.1. The molecule has 6 heteroatoms. The van der Waals surface area contributed by atoms with E-state index in [0.29, 0.717) is 22.7 Å². The van der Waals surface area contributed by atoms with E-state index in [1.54, 1.807) is 6.20 Å². The van der Waals surface area contributed by atoms with E-state index in [4.69, 9.17) is 0 Å². The number of nitrogens with zero attached hydrogens (tertiary/aromatic N) is 3. The van der Waals surface area contributed by atoms with Gasteiger partial charge in [-0.1, -0.05) is 0 Å². The largest absolute Gasteiger partial charge is 0.367 e. The van der Waals surface area contributed by atoms with Crippen LogP contribution in [0.15, 0.2) is 18.3 Å². The first-order chi connectivity index (χ1) is 11.6. The van der Waals surface area contributed by atoms with Crippen molar-refractivity contribution >= 4 is 23.5 Å². The smallest absolute Gasteiger partial charge is 0.257 e. The van der Waals surface area contributed by atoms with Crippen molar-refractivity contribution in [3.63, 3.8) is 0 Å². The molecule has 0 aliphatic carbocycles. The third kappa shape index (κ3) is 3.70. The molecule has 5 nitrogen and oxygen atoms in total. The Bertz CT molecular complexity index is 574. The molecular weight excluding hydrogens is 320 g/mol. The molecular formula is C18H28N4OS. The number of hydrogen-bond donors (Lipinski definition) is 1. The Labute approximate surface area is 149 Å². The van der Waals surface area contributed by atoms with Crippen molar-refractivity contribution in [3.8, 4) is 0 Å². The molecule has 2 saturated heterocycles. The van der Waals surface area contributed by atoms with Crippen molar-refractivity contribution in [1.82, 2.24) is 14.8 Å². The summed E-state index contributed by atoms with van der Waals surface area (Å²) in [6, 6.07) is 4.47. The summed E-state index contributed by atoms with van der Waals surface area (Å²) < 4.78 is 0. The predicted octanol–water partition coefficient (Wildman–Crippen LogP) is 2.55. The fourth-order valence-electron chi connectivity index (χ4n) is 3.71. The molecule has 1 aromatic heterocycles. The van der Waals surface area contributed by atoms with Crippen LogP contribution in [0.25, 0.3) is 0 Å². The number of carbonyl (C=O) groups excluding carboxylic acids is 1. The number of rotatable bonds is 5. The maximum absolute atomic E-state index is 13.1. The minimum absolute atomic E-state index is 0.104. The minimum atomic E-state index is 0.104. The molecule has 0 spiro atoms. The summed E-state index contributed by atoms with van der Waals surface area (Å²) in [4.78, 5) is 22.1. The fraction of sp³-hybridized carbons (Fsp3) is 0.667. The summed E-state index contributed by atoms with van der Waals surface area (Å²) in [5.41, 5.74) is 0.688. The highest BCUT2D eigenvalue weighted by molar-refractivity contribution is 7.99. The topological polar surface area (TPSA) is 48.5 Å². The van der Waals surface area contributed by atoms with Crippen LogP contribution in [-0.4, -0.2) is 70.5 Å². The molecule has 0 aromatic carbocycles. The second kappa shape index (κ2) is 7.74. The molecule has 2 fully saturated rings. The van der Waals surface area contributed by atoms with E-state index < -0.39 is 0 Å². The van der Waals surface area contributed by atoms with Crippen molar-refractivity contribution in [3.05, 3.63) is 23.9 Å². The van der Waals surface area contributed by atoms with E-state index in [9.17, 15) is 4.79 Å². The van der Waals surface area contributed by atoms with Crippen LogP contribution in [0.5, 0.6) is 0 Å². The molecule has 24 heavy (non-hydrogen) atoms. The number of nitrogens with one attached hydrogen (secondary N) is 1. The standard InChI is InChI=1S/C18H28N4OS/c1-13(2)20-17-14(7-6-8-19-17)18(23)22-11-15(16(12-22)24-3)21-9-4-5-10-21/h6-8,13,15-16H,4-5,9-12H2,1-3H3,(H,19,20)/t15-,16-/m1/s1. The maximum atomic E-state index is 13.1. The second-order valence-electron chi connectivity index (χ2n) is 6.99. The van der Waals surface area contributed by atoms with Gasteiger partial charge in [-0.2, -0.15) is 11.8 Å². The Hall–Kier alpha value is -1.27. The monoisotopic (exact) mass is 348 g/mol. The number of likely N-dealkylation sites (tertiary alicyclic amines) is 2. The van der Waals surface area contributed by atoms with Crippen molar-refractivity contribution in [2.45, 2.75) is 44.0 Å². The lowest BCUT2D eigenvalue weighted by Crippen LogP contribution is -2.40. The van der Waals surface area contributed by atoms with Gasteiger partial charge in [0.2, 0.25) is 0 Å². The van der Waals surface area contributed by atoms with Crippen LogP contribution in [-0.2, 0) is 0 Å². The Balaban J connectivity index is 1.76. The lowest BCUT2D eigenvalue weighted by Gasteiger charge is -2.27. The maximum Gasteiger partial charge on any atom is 0.257 e. The van der Waals surface area contributed by atoms with Gasteiger partial charge in [-0.25, -0.2) is 4.98 Å². The average Bonchev–Trinajstić information content (AvgIpc) is 3.23. The van der Waals surface area contributed by atoms with Gasteiger partial charge in [0.1, 0.15) is 5.82 Å². The number of amides is 1. The Morgan fingerprint density at radius 2 is 2.08 bits per heavy atom. The molecule has 1 N–H and O–H groups in total. The zero-order valence-corrected chi connectivity index (χ0v) is 15.7.